The molecule has 2 unspecified atom stereocenters. The Labute approximate surface area is 413 Å². The average molecular weight is 982 g/mol. The number of allylic oxidation sites excluding steroid dienone is 6. The number of carbonyl (C=O) groups is 5. The normalized spacial score (nSPS) is 38.3. The molecule has 70 heavy (non-hydrogen) atoms. The molecule has 1 saturated carbocycles. The van der Waals surface area contributed by atoms with Crippen molar-refractivity contribution in [2.45, 2.75) is 180 Å². The highest BCUT2D eigenvalue weighted by Crippen LogP contribution is 2.38. The van der Waals surface area contributed by atoms with Crippen LogP contribution in [0.4, 0.5) is 0 Å². The first kappa shape index (κ1) is 56.5. The van der Waals surface area contributed by atoms with Crippen molar-refractivity contribution in [3.63, 3.8) is 0 Å². The van der Waals surface area contributed by atoms with Crippen LogP contribution in [0, 0.1) is 35.5 Å². The van der Waals surface area contributed by atoms with E-state index in [-0.39, 0.29) is 55.0 Å². The van der Waals surface area contributed by atoms with Gasteiger partial charge in [-0.3, -0.25) is 19.2 Å². The molecule has 15 atom stereocenters. The van der Waals surface area contributed by atoms with E-state index < -0.39 is 83.7 Å². The largest absolute Gasteiger partial charge is 0.460 e. The maximum atomic E-state index is 14.6. The summed E-state index contributed by atoms with van der Waals surface area (Å²) in [5.74, 6) is -8.50. The van der Waals surface area contributed by atoms with Gasteiger partial charge in [-0.1, -0.05) is 75.9 Å². The van der Waals surface area contributed by atoms with Gasteiger partial charge in [0.25, 0.3) is 11.7 Å². The first-order valence-electron chi connectivity index (χ1n) is 25.2. The SMILES string of the molecule is CO[C@H]1CCC(On2cnnn2)[C@@H](C[C@@H](C)[C@@H]2CC(=O)[C@H](C)/C=C(\C)[C@@H](O)[C@@H](OC)C(=O)[C@@H](C)C[C@H](C)/C=C/C=C/C=C(\C)[C@@H](OC)C[C@@H]3CC[C@@H](C)[C@@](O)(O3)C(=O)C(=O)N3CCCCC3C(=O)O2)C1. The lowest BCUT2D eigenvalue weighted by atomic mass is 9.77. The molecule has 1 aromatic heterocycles. The average Bonchev–Trinajstić information content (AvgIpc) is 3.86. The molecule has 2 N–H and O–H groups in total. The van der Waals surface area contributed by atoms with Gasteiger partial charge in [0.1, 0.15) is 36.2 Å². The number of piperidine rings is 1. The van der Waals surface area contributed by atoms with E-state index in [1.165, 1.54) is 23.2 Å². The minimum absolute atomic E-state index is 0.00802. The number of tetrazole rings is 1. The fraction of sp³-hybridized carbons (Fsp3) is 0.731. The molecule has 1 aromatic rings. The molecule has 1 aliphatic carbocycles. The summed E-state index contributed by atoms with van der Waals surface area (Å²) in [7, 11) is 4.61. The van der Waals surface area contributed by atoms with E-state index in [1.54, 1.807) is 41.1 Å². The van der Waals surface area contributed by atoms with Crippen LogP contribution in [0.25, 0.3) is 0 Å². The van der Waals surface area contributed by atoms with Crippen LogP contribution in [0.15, 0.2) is 53.9 Å². The van der Waals surface area contributed by atoms with Crippen LogP contribution in [0.2, 0.25) is 0 Å². The smallest absolute Gasteiger partial charge is 0.329 e. The Morgan fingerprint density at radius 3 is 2.33 bits per heavy atom. The second-order valence-electron chi connectivity index (χ2n) is 20.4. The van der Waals surface area contributed by atoms with Crippen molar-refractivity contribution in [2.24, 2.45) is 35.5 Å². The number of ketones is 3. The molecular formula is C52H79N5O13. The van der Waals surface area contributed by atoms with E-state index in [4.69, 9.17) is 28.5 Å². The predicted molar refractivity (Wildman–Crippen MR) is 257 cm³/mol. The number of rotatable bonds is 8. The molecule has 5 rings (SSSR count). The minimum atomic E-state index is -2.45. The second-order valence-corrected chi connectivity index (χ2v) is 20.4. The van der Waals surface area contributed by atoms with Crippen molar-refractivity contribution in [1.29, 1.82) is 0 Å². The number of hydrogen-bond acceptors (Lipinski definition) is 16. The summed E-state index contributed by atoms with van der Waals surface area (Å²) in [4.78, 5) is 79.9. The van der Waals surface area contributed by atoms with Crippen LogP contribution in [0.1, 0.15) is 126 Å². The maximum Gasteiger partial charge on any atom is 0.329 e. The minimum Gasteiger partial charge on any atom is -0.460 e. The number of fused-ring (bicyclic) bond motifs is 3. The van der Waals surface area contributed by atoms with E-state index in [1.807, 2.05) is 58.1 Å². The Kier molecular flexibility index (Phi) is 21.2. The van der Waals surface area contributed by atoms with E-state index in [9.17, 15) is 34.2 Å². The lowest BCUT2D eigenvalue weighted by Gasteiger charge is -2.42. The molecule has 4 aliphatic rings. The summed E-state index contributed by atoms with van der Waals surface area (Å²) in [5, 5.41) is 34.8. The Bertz CT molecular complexity index is 2040. The van der Waals surface area contributed by atoms with E-state index in [0.717, 1.165) is 12.0 Å². The number of esters is 1. The Morgan fingerprint density at radius 2 is 1.64 bits per heavy atom. The van der Waals surface area contributed by atoms with Crippen LogP contribution in [0.3, 0.4) is 0 Å². The highest BCUT2D eigenvalue weighted by Gasteiger charge is 2.53. The van der Waals surface area contributed by atoms with Gasteiger partial charge in [-0.2, -0.15) is 0 Å². The molecule has 0 spiro atoms. The van der Waals surface area contributed by atoms with Crippen LogP contribution >= 0.6 is 0 Å². The number of ether oxygens (including phenoxy) is 5. The number of amides is 1. The number of Topliss-reactive ketones (excluding diaryl/α,β-unsaturated/α-hetero) is 3. The standard InChI is InChI=1S/C52H79N5O13/c1-31-16-12-11-13-17-32(2)44(66-9)28-40-20-19-37(7)52(64,69-40)49(61)50(62)56-23-15-14-18-41(56)51(63)68-45(29-42(58)33(3)25-36(6)47(60)48(67-10)46(59)35(5)24-31)34(4)26-38-27-39(65-8)21-22-43(38)70-57-30-53-54-55-57/h11-13,16-17,25,30-31,33-35,37-41,43-45,47-48,60,64H,14-15,18-24,26-29H2,1-10H3/b13-11+,16-12+,32-17+,36-25+/t31-,33-,34-,35+,37-,38+,39+,40+,41?,43?,44+,45+,47-,48+,52-/m1/s1. The molecule has 3 fully saturated rings. The monoisotopic (exact) mass is 982 g/mol. The quantitative estimate of drug-likeness (QED) is 0.191. The Morgan fingerprint density at radius 1 is 0.886 bits per heavy atom. The summed E-state index contributed by atoms with van der Waals surface area (Å²) in [5.41, 5.74) is 1.25. The van der Waals surface area contributed by atoms with Gasteiger partial charge in [0, 0.05) is 64.4 Å². The van der Waals surface area contributed by atoms with Gasteiger partial charge in [0.15, 0.2) is 12.1 Å². The second kappa shape index (κ2) is 26.3. The molecule has 3 aliphatic heterocycles. The fourth-order valence-electron chi connectivity index (χ4n) is 10.5. The van der Waals surface area contributed by atoms with E-state index >= 15 is 0 Å². The summed E-state index contributed by atoms with van der Waals surface area (Å²) >= 11 is 0. The molecule has 1 amide bonds. The summed E-state index contributed by atoms with van der Waals surface area (Å²) < 4.78 is 29.7. The molecule has 2 saturated heterocycles. The zero-order valence-corrected chi connectivity index (χ0v) is 42.9. The molecular weight excluding hydrogens is 903 g/mol. The van der Waals surface area contributed by atoms with E-state index in [2.05, 4.69) is 15.5 Å². The number of nitrogens with zero attached hydrogens (tertiary/aromatic N) is 5. The lowest BCUT2D eigenvalue weighted by molar-refractivity contribution is -0.265. The third-order valence-electron chi connectivity index (χ3n) is 15.1. The molecule has 2 bridgehead atoms. The van der Waals surface area contributed by atoms with Crippen molar-refractivity contribution in [3.8, 4) is 0 Å². The van der Waals surface area contributed by atoms with Gasteiger partial charge in [-0.25, -0.2) is 4.79 Å². The summed E-state index contributed by atoms with van der Waals surface area (Å²) in [6, 6.07) is -1.18. The highest BCUT2D eigenvalue weighted by atomic mass is 16.7. The summed E-state index contributed by atoms with van der Waals surface area (Å²) in [6.07, 6.45) is 12.8. The van der Waals surface area contributed by atoms with E-state index in [0.29, 0.717) is 63.4 Å². The predicted octanol–water partition coefficient (Wildman–Crippen LogP) is 5.30. The van der Waals surface area contributed by atoms with Gasteiger partial charge in [-0.05, 0) is 111 Å². The van der Waals surface area contributed by atoms with Gasteiger partial charge in [-0.15, -0.1) is 5.10 Å². The van der Waals surface area contributed by atoms with Gasteiger partial charge in [0.05, 0.1) is 18.3 Å². The van der Waals surface area contributed by atoms with Crippen LogP contribution in [0.5, 0.6) is 0 Å². The number of hydrogen-bond donors (Lipinski definition) is 2. The van der Waals surface area contributed by atoms with Gasteiger partial charge in [0.2, 0.25) is 5.79 Å². The number of aliphatic hydroxyl groups is 2. The van der Waals surface area contributed by atoms with Crippen molar-refractivity contribution >= 4 is 29.2 Å². The van der Waals surface area contributed by atoms with Crippen LogP contribution in [-0.4, -0.2) is 147 Å². The molecule has 18 nitrogen and oxygen atoms in total. The number of methoxy groups -OCH3 is 3. The molecule has 4 heterocycles. The van der Waals surface area contributed by atoms with Gasteiger partial charge < -0.3 is 43.6 Å². The number of aliphatic hydroxyl groups excluding tert-OH is 1. The molecule has 390 valence electrons. The topological polar surface area (TPSA) is 228 Å². The van der Waals surface area contributed by atoms with Crippen LogP contribution < -0.4 is 4.84 Å². The fourth-order valence-corrected chi connectivity index (χ4v) is 10.5. The van der Waals surface area contributed by atoms with Gasteiger partial charge >= 0.3 is 5.97 Å². The third kappa shape index (κ3) is 14.6. The summed E-state index contributed by atoms with van der Waals surface area (Å²) in [6.45, 7) is 12.7. The molecule has 0 radical (unpaired) electrons. The third-order valence-corrected chi connectivity index (χ3v) is 15.1. The zero-order chi connectivity index (χ0) is 51.3. The Hall–Kier alpha value is -4.46. The number of cyclic esters (lactones) is 1. The van der Waals surface area contributed by atoms with Crippen molar-refractivity contribution < 1.29 is 62.7 Å². The zero-order valence-electron chi connectivity index (χ0n) is 42.9. The van der Waals surface area contributed by atoms with Crippen molar-refractivity contribution in [1.82, 2.24) is 25.3 Å². The first-order chi connectivity index (χ1) is 33.3. The van der Waals surface area contributed by atoms with Crippen LogP contribution in [-0.2, 0) is 47.7 Å². The van der Waals surface area contributed by atoms with Crippen molar-refractivity contribution in [3.05, 3.63) is 53.9 Å². The lowest BCUT2D eigenvalue weighted by Crippen LogP contribution is -2.61. The number of carbonyl (C=O) groups excluding carboxylic acids is 5. The van der Waals surface area contributed by atoms with Crippen molar-refractivity contribution in [2.75, 3.05) is 27.9 Å². The maximum absolute atomic E-state index is 14.6. The number of aromatic nitrogens is 4. The molecule has 0 aromatic carbocycles. The highest BCUT2D eigenvalue weighted by molar-refractivity contribution is 6.39. The Balaban J connectivity index is 1.49. The first-order valence-corrected chi connectivity index (χ1v) is 25.2. The molecule has 18 heteroatoms.